The lowest BCUT2D eigenvalue weighted by Gasteiger charge is -2.14. The van der Waals surface area contributed by atoms with Crippen LogP contribution in [0, 0.1) is 5.41 Å². The third kappa shape index (κ3) is 1.94. The lowest BCUT2D eigenvalue weighted by molar-refractivity contribution is -0.0207. The maximum atomic E-state index is 9.57. The Labute approximate surface area is 115 Å². The summed E-state index contributed by atoms with van der Waals surface area (Å²) >= 11 is 3.08. The molecule has 0 unspecified atom stereocenters. The maximum Gasteiger partial charge on any atom is 0.215 e. The van der Waals surface area contributed by atoms with Gasteiger partial charge in [-0.25, -0.2) is 9.97 Å². The average Bonchev–Trinajstić information content (AvgIpc) is 3.01. The Morgan fingerprint density at radius 3 is 3.00 bits per heavy atom. The molecule has 3 heterocycles. The van der Waals surface area contributed by atoms with Gasteiger partial charge in [0.15, 0.2) is 16.7 Å². The zero-order chi connectivity index (χ0) is 13.6. The van der Waals surface area contributed by atoms with Crippen LogP contribution in [0.15, 0.2) is 11.1 Å². The zero-order valence-electron chi connectivity index (χ0n) is 9.82. The predicted octanol–water partition coefficient (Wildman–Crippen LogP) is 0.382. The Hall–Kier alpha value is -1.45. The summed E-state index contributed by atoms with van der Waals surface area (Å²) in [6.07, 6.45) is 2.62. The molecule has 1 saturated heterocycles. The highest BCUT2D eigenvalue weighted by atomic mass is 79.9. The summed E-state index contributed by atoms with van der Waals surface area (Å²) in [7, 11) is 0. The highest BCUT2D eigenvalue weighted by molar-refractivity contribution is 9.10. The predicted molar refractivity (Wildman–Crippen MR) is 66.5 cm³/mol. The summed E-state index contributed by atoms with van der Waals surface area (Å²) in [5.41, 5.74) is 0.611. The quantitative estimate of drug-likeness (QED) is 0.545. The third-order valence-corrected chi connectivity index (χ3v) is 3.69. The minimum absolute atomic E-state index is 0.0133. The van der Waals surface area contributed by atoms with Crippen molar-refractivity contribution in [2.75, 3.05) is 6.61 Å². The van der Waals surface area contributed by atoms with Gasteiger partial charge in [-0.2, -0.15) is 0 Å². The molecule has 1 aliphatic heterocycles. The van der Waals surface area contributed by atoms with E-state index in [9.17, 15) is 5.21 Å². The van der Waals surface area contributed by atoms with Gasteiger partial charge in [-0.15, -0.1) is 4.73 Å². The number of aliphatic hydroxyl groups is 1. The molecule has 2 aromatic heterocycles. The van der Waals surface area contributed by atoms with Crippen LogP contribution in [0.25, 0.3) is 11.2 Å². The lowest BCUT2D eigenvalue weighted by atomic mass is 10.2. The van der Waals surface area contributed by atoms with Crippen LogP contribution in [0.5, 0.6) is 0 Å². The van der Waals surface area contributed by atoms with E-state index in [0.29, 0.717) is 15.9 Å². The van der Waals surface area contributed by atoms with Gasteiger partial charge in [0, 0.05) is 0 Å². The van der Waals surface area contributed by atoms with Crippen LogP contribution in [-0.2, 0) is 4.74 Å². The summed E-state index contributed by atoms with van der Waals surface area (Å²) in [6.45, 7) is -0.0133. The second kappa shape index (κ2) is 4.58. The van der Waals surface area contributed by atoms with Gasteiger partial charge in [0.05, 0.1) is 19.0 Å². The minimum Gasteiger partial charge on any atom is -0.424 e. The first-order chi connectivity index (χ1) is 9.11. The first-order valence-electron chi connectivity index (χ1n) is 5.77. The molecule has 0 spiro atoms. The highest BCUT2D eigenvalue weighted by Gasteiger charge is 2.27. The highest BCUT2D eigenvalue weighted by Crippen LogP contribution is 2.29. The number of ether oxygens (including phenoxy) is 1. The summed E-state index contributed by atoms with van der Waals surface area (Å²) < 4.78 is 8.12. The van der Waals surface area contributed by atoms with E-state index < -0.39 is 0 Å². The van der Waals surface area contributed by atoms with E-state index in [2.05, 4.69) is 25.9 Å². The van der Waals surface area contributed by atoms with Gasteiger partial charge in [0.2, 0.25) is 4.73 Å². The van der Waals surface area contributed by atoms with E-state index in [1.165, 1.54) is 6.33 Å². The lowest BCUT2D eigenvalue weighted by Crippen LogP contribution is -2.21. The van der Waals surface area contributed by atoms with Crippen LogP contribution in [-0.4, -0.2) is 42.3 Å². The van der Waals surface area contributed by atoms with Gasteiger partial charge >= 0.3 is 0 Å². The molecular formula is C10H12BrN5O3. The molecule has 1 aliphatic rings. The molecule has 0 aromatic carbocycles. The summed E-state index contributed by atoms with van der Waals surface area (Å²) in [4.78, 5) is 8.24. The molecule has 3 N–H and O–H groups in total. The van der Waals surface area contributed by atoms with Crippen molar-refractivity contribution in [3.8, 4) is 0 Å². The third-order valence-electron chi connectivity index (χ3n) is 3.18. The van der Waals surface area contributed by atoms with Crippen molar-refractivity contribution in [2.45, 2.75) is 25.2 Å². The normalized spacial score (nSPS) is 23.3. The van der Waals surface area contributed by atoms with Crippen molar-refractivity contribution in [1.82, 2.24) is 19.3 Å². The maximum absolute atomic E-state index is 9.57. The topological polar surface area (TPSA) is 109 Å². The molecule has 2 aromatic rings. The zero-order valence-corrected chi connectivity index (χ0v) is 11.4. The molecule has 9 heteroatoms. The number of nitrogens with one attached hydrogen (secondary N) is 1. The number of hydrogen-bond donors (Lipinski definition) is 3. The molecule has 3 rings (SSSR count). The number of hydrogen-bond acceptors (Lipinski definition) is 6. The standard InChI is InChI=1S/C10H12BrN5O3/c11-10-14-9-7(8(12)16(10)18)13-4-15(9)6-2-1-5(3-17)19-6/h4-6,12,17-18H,1-3H2/t5-,6+/m0/s1. The van der Waals surface area contributed by atoms with Gasteiger partial charge in [0.25, 0.3) is 0 Å². The Balaban J connectivity index is 2.09. The molecular weight excluding hydrogens is 318 g/mol. The Kier molecular flexibility index (Phi) is 3.03. The second-order valence-corrected chi connectivity index (χ2v) is 5.05. The van der Waals surface area contributed by atoms with Crippen molar-refractivity contribution in [3.63, 3.8) is 0 Å². The molecule has 19 heavy (non-hydrogen) atoms. The van der Waals surface area contributed by atoms with Crippen molar-refractivity contribution >= 4 is 27.1 Å². The molecule has 8 nitrogen and oxygen atoms in total. The molecule has 0 amide bonds. The van der Waals surface area contributed by atoms with Crippen molar-refractivity contribution in [2.24, 2.45) is 0 Å². The van der Waals surface area contributed by atoms with E-state index in [1.807, 2.05) is 0 Å². The van der Waals surface area contributed by atoms with Crippen molar-refractivity contribution in [3.05, 3.63) is 16.5 Å². The SMILES string of the molecule is N=c1c2ncn([C@H]3CC[C@@H](CO)O3)c2nc(Br)n1O. The van der Waals surface area contributed by atoms with E-state index >= 15 is 0 Å². The first kappa shape index (κ1) is 12.6. The van der Waals surface area contributed by atoms with Crippen molar-refractivity contribution < 1.29 is 15.1 Å². The van der Waals surface area contributed by atoms with Crippen LogP contribution in [0.2, 0.25) is 0 Å². The van der Waals surface area contributed by atoms with Crippen LogP contribution in [0.4, 0.5) is 0 Å². The molecule has 0 bridgehead atoms. The van der Waals surface area contributed by atoms with Crippen LogP contribution in [0.3, 0.4) is 0 Å². The van der Waals surface area contributed by atoms with Crippen LogP contribution < -0.4 is 5.49 Å². The van der Waals surface area contributed by atoms with Crippen LogP contribution >= 0.6 is 15.9 Å². The monoisotopic (exact) mass is 329 g/mol. The smallest absolute Gasteiger partial charge is 0.215 e. The Bertz CT molecular complexity index is 682. The number of fused-ring (bicyclic) bond motifs is 1. The number of aliphatic hydroxyl groups excluding tert-OH is 1. The van der Waals surface area contributed by atoms with Gasteiger partial charge in [-0.3, -0.25) is 9.98 Å². The largest absolute Gasteiger partial charge is 0.424 e. The van der Waals surface area contributed by atoms with Gasteiger partial charge in [-0.05, 0) is 28.8 Å². The Morgan fingerprint density at radius 1 is 1.53 bits per heavy atom. The molecule has 102 valence electrons. The average molecular weight is 330 g/mol. The van der Waals surface area contributed by atoms with E-state index in [1.54, 1.807) is 4.57 Å². The first-order valence-corrected chi connectivity index (χ1v) is 6.56. The fraction of sp³-hybridized carbons (Fsp3) is 0.500. The molecule has 0 aliphatic carbocycles. The number of imidazole rings is 1. The fourth-order valence-electron chi connectivity index (χ4n) is 2.20. The minimum atomic E-state index is -0.254. The summed E-state index contributed by atoms with van der Waals surface area (Å²) in [5.74, 6) is 0. The van der Waals surface area contributed by atoms with E-state index in [0.717, 1.165) is 12.8 Å². The fourth-order valence-corrected chi connectivity index (χ4v) is 2.54. The Morgan fingerprint density at radius 2 is 2.32 bits per heavy atom. The van der Waals surface area contributed by atoms with E-state index in [-0.39, 0.29) is 29.2 Å². The van der Waals surface area contributed by atoms with Crippen LogP contribution in [0.1, 0.15) is 19.1 Å². The van der Waals surface area contributed by atoms with Crippen molar-refractivity contribution in [1.29, 1.82) is 5.41 Å². The number of rotatable bonds is 2. The molecule has 0 radical (unpaired) electrons. The number of aromatic nitrogens is 4. The summed E-state index contributed by atoms with van der Waals surface area (Å²) in [6, 6.07) is 0. The molecule has 0 saturated carbocycles. The number of halogens is 1. The second-order valence-electron chi connectivity index (χ2n) is 4.34. The van der Waals surface area contributed by atoms with Gasteiger partial charge in [0.1, 0.15) is 6.23 Å². The summed E-state index contributed by atoms with van der Waals surface area (Å²) in [5, 5.41) is 26.4. The molecule has 2 atom stereocenters. The number of nitrogens with zero attached hydrogens (tertiary/aromatic N) is 4. The van der Waals surface area contributed by atoms with Gasteiger partial charge in [-0.1, -0.05) is 0 Å². The van der Waals surface area contributed by atoms with E-state index in [4.69, 9.17) is 15.3 Å². The molecule has 1 fully saturated rings. The van der Waals surface area contributed by atoms with Gasteiger partial charge < -0.3 is 15.1 Å².